The molecule has 0 aliphatic heterocycles. The molecule has 1 atom stereocenters. The van der Waals surface area contributed by atoms with Gasteiger partial charge in [0.2, 0.25) is 0 Å². The largest absolute Gasteiger partial charge is 0.497 e. The molecule has 0 spiro atoms. The van der Waals surface area contributed by atoms with Gasteiger partial charge >= 0.3 is 0 Å². The molecular weight excluding hydrogens is 346 g/mol. The number of hydrogen-bond acceptors (Lipinski definition) is 5. The van der Waals surface area contributed by atoms with E-state index >= 15 is 0 Å². The highest BCUT2D eigenvalue weighted by Gasteiger charge is 2.17. The van der Waals surface area contributed by atoms with Crippen LogP contribution in [0.1, 0.15) is 30.0 Å². The van der Waals surface area contributed by atoms with E-state index in [1.54, 1.807) is 18.9 Å². The zero-order valence-corrected chi connectivity index (χ0v) is 16.3. The minimum absolute atomic E-state index is 0.200. The lowest BCUT2D eigenvalue weighted by Crippen LogP contribution is -2.10. The van der Waals surface area contributed by atoms with Crippen LogP contribution in [0.5, 0.6) is 11.5 Å². The fraction of sp³-hybridized carbons (Fsp3) is 0.300. The Hall–Kier alpha value is -2.47. The molecule has 3 aromatic rings. The van der Waals surface area contributed by atoms with E-state index in [0.29, 0.717) is 0 Å². The molecule has 0 aliphatic carbocycles. The Balaban J connectivity index is 1.65. The monoisotopic (exact) mass is 369 g/mol. The Bertz CT molecular complexity index is 862. The van der Waals surface area contributed by atoms with Gasteiger partial charge in [0.1, 0.15) is 11.5 Å². The first kappa shape index (κ1) is 18.3. The van der Waals surface area contributed by atoms with E-state index in [1.165, 1.54) is 11.1 Å². The summed E-state index contributed by atoms with van der Waals surface area (Å²) in [4.78, 5) is 0. The number of aromatic nitrogens is 3. The first-order valence-corrected chi connectivity index (χ1v) is 9.43. The molecule has 0 radical (unpaired) electrons. The lowest BCUT2D eigenvalue weighted by atomic mass is 10.2. The van der Waals surface area contributed by atoms with Gasteiger partial charge in [-0.3, -0.25) is 0 Å². The lowest BCUT2D eigenvalue weighted by Gasteiger charge is -2.14. The van der Waals surface area contributed by atoms with E-state index in [1.807, 2.05) is 42.8 Å². The van der Waals surface area contributed by atoms with Gasteiger partial charge in [0.05, 0.1) is 7.11 Å². The van der Waals surface area contributed by atoms with E-state index in [9.17, 15) is 0 Å². The number of benzene rings is 2. The van der Waals surface area contributed by atoms with Crippen molar-refractivity contribution < 1.29 is 9.47 Å². The smallest absolute Gasteiger partial charge is 0.191 e. The fourth-order valence-corrected chi connectivity index (χ4v) is 3.53. The average Bonchev–Trinajstić information content (AvgIpc) is 3.01. The van der Waals surface area contributed by atoms with Crippen molar-refractivity contribution >= 4 is 11.8 Å². The van der Waals surface area contributed by atoms with Crippen LogP contribution in [-0.4, -0.2) is 21.9 Å². The van der Waals surface area contributed by atoms with Crippen LogP contribution in [0.2, 0.25) is 0 Å². The molecule has 0 saturated heterocycles. The Labute approximate surface area is 158 Å². The molecule has 1 heterocycles. The topological polar surface area (TPSA) is 49.2 Å². The van der Waals surface area contributed by atoms with Gasteiger partial charge in [0.25, 0.3) is 0 Å². The number of hydrogen-bond donors (Lipinski definition) is 0. The van der Waals surface area contributed by atoms with Crippen molar-refractivity contribution in [3.63, 3.8) is 0 Å². The summed E-state index contributed by atoms with van der Waals surface area (Å²) in [6, 6.07) is 16.0. The predicted molar refractivity (Wildman–Crippen MR) is 104 cm³/mol. The van der Waals surface area contributed by atoms with Crippen molar-refractivity contribution in [2.45, 2.75) is 30.9 Å². The zero-order chi connectivity index (χ0) is 18.5. The van der Waals surface area contributed by atoms with Crippen molar-refractivity contribution in [3.05, 3.63) is 65.5 Å². The molecule has 0 fully saturated rings. The maximum absolute atomic E-state index is 5.98. The maximum Gasteiger partial charge on any atom is 0.191 e. The van der Waals surface area contributed by atoms with Gasteiger partial charge in [-0.1, -0.05) is 41.6 Å². The Morgan fingerprint density at radius 1 is 1.08 bits per heavy atom. The summed E-state index contributed by atoms with van der Waals surface area (Å²) < 4.78 is 13.1. The number of thioether (sulfide) groups is 1. The lowest BCUT2D eigenvalue weighted by molar-refractivity contribution is 0.211. The van der Waals surface area contributed by atoms with Crippen LogP contribution in [0.4, 0.5) is 0 Å². The van der Waals surface area contributed by atoms with Crippen molar-refractivity contribution in [2.24, 2.45) is 7.05 Å². The van der Waals surface area contributed by atoms with Gasteiger partial charge in [-0.15, -0.1) is 10.2 Å². The van der Waals surface area contributed by atoms with Crippen LogP contribution in [-0.2, 0) is 12.8 Å². The SMILES string of the molecule is COc1ccc(OC(C)c2nnc(SCc3cccc(C)c3)n2C)cc1. The standard InChI is InChI=1S/C20H23N3O2S/c1-14-6-5-7-16(12-14)13-26-20-22-21-19(23(20)3)15(2)25-18-10-8-17(24-4)9-11-18/h5-12,15H,13H2,1-4H3. The summed E-state index contributed by atoms with van der Waals surface area (Å²) in [5.41, 5.74) is 2.55. The molecule has 5 nitrogen and oxygen atoms in total. The van der Waals surface area contributed by atoms with E-state index in [2.05, 4.69) is 41.4 Å². The molecule has 3 rings (SSSR count). The van der Waals surface area contributed by atoms with Crippen LogP contribution in [0.15, 0.2) is 53.7 Å². The predicted octanol–water partition coefficient (Wildman–Crippen LogP) is 4.56. The Morgan fingerprint density at radius 3 is 2.50 bits per heavy atom. The minimum Gasteiger partial charge on any atom is -0.497 e. The Kier molecular flexibility index (Phi) is 5.83. The second-order valence-corrected chi connectivity index (χ2v) is 7.06. The summed E-state index contributed by atoms with van der Waals surface area (Å²) in [5.74, 6) is 3.24. The van der Waals surface area contributed by atoms with E-state index in [4.69, 9.17) is 9.47 Å². The molecular formula is C20H23N3O2S. The fourth-order valence-electron chi connectivity index (χ4n) is 2.67. The van der Waals surface area contributed by atoms with Crippen molar-refractivity contribution in [1.82, 2.24) is 14.8 Å². The molecule has 0 amide bonds. The van der Waals surface area contributed by atoms with Crippen molar-refractivity contribution in [1.29, 1.82) is 0 Å². The van der Waals surface area contributed by atoms with E-state index in [-0.39, 0.29) is 6.10 Å². The second-order valence-electron chi connectivity index (χ2n) is 6.11. The number of rotatable bonds is 7. The third kappa shape index (κ3) is 4.38. The zero-order valence-electron chi connectivity index (χ0n) is 15.5. The first-order valence-electron chi connectivity index (χ1n) is 8.45. The normalized spacial score (nSPS) is 12.0. The van der Waals surface area contributed by atoms with Crippen LogP contribution >= 0.6 is 11.8 Å². The van der Waals surface area contributed by atoms with E-state index in [0.717, 1.165) is 28.2 Å². The van der Waals surface area contributed by atoms with Gasteiger partial charge in [-0.2, -0.15) is 0 Å². The molecule has 1 unspecified atom stereocenters. The Morgan fingerprint density at radius 2 is 1.81 bits per heavy atom. The molecule has 0 saturated carbocycles. The number of nitrogens with zero attached hydrogens (tertiary/aromatic N) is 3. The third-order valence-corrected chi connectivity index (χ3v) is 5.15. The van der Waals surface area contributed by atoms with Gasteiger partial charge < -0.3 is 14.0 Å². The third-order valence-electron chi connectivity index (χ3n) is 4.05. The number of aryl methyl sites for hydroxylation is 1. The molecule has 6 heteroatoms. The molecule has 2 aromatic carbocycles. The molecule has 136 valence electrons. The van der Waals surface area contributed by atoms with Gasteiger partial charge in [-0.05, 0) is 43.7 Å². The summed E-state index contributed by atoms with van der Waals surface area (Å²) in [5, 5.41) is 9.52. The molecule has 0 N–H and O–H groups in total. The van der Waals surface area contributed by atoms with E-state index < -0.39 is 0 Å². The van der Waals surface area contributed by atoms with Crippen LogP contribution in [0, 0.1) is 6.92 Å². The van der Waals surface area contributed by atoms with Crippen molar-refractivity contribution in [3.8, 4) is 11.5 Å². The summed E-state index contributed by atoms with van der Waals surface area (Å²) in [6.45, 7) is 4.08. The summed E-state index contributed by atoms with van der Waals surface area (Å²) in [7, 11) is 3.62. The van der Waals surface area contributed by atoms with Gasteiger partial charge in [0.15, 0.2) is 17.1 Å². The first-order chi connectivity index (χ1) is 12.6. The molecule has 0 bridgehead atoms. The number of ether oxygens (including phenoxy) is 2. The second kappa shape index (κ2) is 8.27. The summed E-state index contributed by atoms with van der Waals surface area (Å²) >= 11 is 1.68. The molecule has 26 heavy (non-hydrogen) atoms. The van der Waals surface area contributed by atoms with Crippen LogP contribution in [0.25, 0.3) is 0 Å². The van der Waals surface area contributed by atoms with Crippen molar-refractivity contribution in [2.75, 3.05) is 7.11 Å². The highest BCUT2D eigenvalue weighted by molar-refractivity contribution is 7.98. The van der Waals surface area contributed by atoms with Gasteiger partial charge in [-0.25, -0.2) is 0 Å². The van der Waals surface area contributed by atoms with Crippen LogP contribution < -0.4 is 9.47 Å². The van der Waals surface area contributed by atoms with Gasteiger partial charge in [0, 0.05) is 12.8 Å². The number of methoxy groups -OCH3 is 1. The minimum atomic E-state index is -0.200. The highest BCUT2D eigenvalue weighted by Crippen LogP contribution is 2.26. The average molecular weight is 369 g/mol. The van der Waals surface area contributed by atoms with Crippen LogP contribution in [0.3, 0.4) is 0 Å². The molecule has 0 aliphatic rings. The quantitative estimate of drug-likeness (QED) is 0.571. The molecule has 1 aromatic heterocycles. The highest BCUT2D eigenvalue weighted by atomic mass is 32.2. The maximum atomic E-state index is 5.98. The summed E-state index contributed by atoms with van der Waals surface area (Å²) in [6.07, 6.45) is -0.200.